The summed E-state index contributed by atoms with van der Waals surface area (Å²) in [5.74, 6) is 0.665. The summed E-state index contributed by atoms with van der Waals surface area (Å²) < 4.78 is 5.31. The van der Waals surface area contributed by atoms with E-state index >= 15 is 0 Å². The molecule has 1 saturated heterocycles. The second kappa shape index (κ2) is 6.91. The molecule has 0 saturated carbocycles. The van der Waals surface area contributed by atoms with Gasteiger partial charge < -0.3 is 14.6 Å². The second-order valence-electron chi connectivity index (χ2n) is 6.20. The van der Waals surface area contributed by atoms with Crippen LogP contribution in [0.25, 0.3) is 0 Å². The number of amides is 1. The van der Waals surface area contributed by atoms with Gasteiger partial charge in [-0.1, -0.05) is 12.1 Å². The van der Waals surface area contributed by atoms with Crippen molar-refractivity contribution in [1.29, 1.82) is 0 Å². The number of carbonyl (C=O) groups excluding carboxylic acids is 1. The Balaban J connectivity index is 1.94. The van der Waals surface area contributed by atoms with Crippen molar-refractivity contribution in [3.8, 4) is 5.75 Å². The lowest BCUT2D eigenvalue weighted by atomic mass is 9.94. The number of likely N-dealkylation sites (tertiary alicyclic amines) is 1. The molecule has 5 heteroatoms. The Bertz CT molecular complexity index is 797. The Morgan fingerprint density at radius 3 is 2.83 bits per heavy atom. The molecule has 1 aromatic carbocycles. The van der Waals surface area contributed by atoms with Crippen LogP contribution in [0.1, 0.15) is 47.1 Å². The van der Waals surface area contributed by atoms with Crippen molar-refractivity contribution in [2.45, 2.75) is 32.2 Å². The van der Waals surface area contributed by atoms with Crippen molar-refractivity contribution in [1.82, 2.24) is 9.88 Å². The lowest BCUT2D eigenvalue weighted by Gasteiger charge is -2.36. The topological polar surface area (TPSA) is 62.4 Å². The summed E-state index contributed by atoms with van der Waals surface area (Å²) in [7, 11) is 1.64. The molecule has 1 atom stereocenters. The summed E-state index contributed by atoms with van der Waals surface area (Å²) in [6.07, 6.45) is 2.97. The SMILES string of the molecule is COc1cccc([C@H]2CCCCN2C(=O)c2cc(=O)cc(C)[nH]2)c1. The highest BCUT2D eigenvalue weighted by Gasteiger charge is 2.29. The van der Waals surface area contributed by atoms with Crippen LogP contribution in [-0.2, 0) is 0 Å². The number of rotatable bonds is 3. The lowest BCUT2D eigenvalue weighted by Crippen LogP contribution is -2.39. The van der Waals surface area contributed by atoms with Gasteiger partial charge in [-0.15, -0.1) is 0 Å². The van der Waals surface area contributed by atoms with Gasteiger partial charge in [0.25, 0.3) is 5.91 Å². The third-order valence-electron chi connectivity index (χ3n) is 4.45. The number of nitrogens with one attached hydrogen (secondary N) is 1. The van der Waals surface area contributed by atoms with Crippen LogP contribution in [0.2, 0.25) is 0 Å². The molecule has 1 fully saturated rings. The highest BCUT2D eigenvalue weighted by Crippen LogP contribution is 2.33. The molecule has 2 aromatic rings. The van der Waals surface area contributed by atoms with Crippen LogP contribution in [0, 0.1) is 6.92 Å². The minimum atomic E-state index is -0.149. The molecule has 0 radical (unpaired) electrons. The zero-order valence-corrected chi connectivity index (χ0v) is 14.0. The van der Waals surface area contributed by atoms with Crippen molar-refractivity contribution < 1.29 is 9.53 Å². The molecule has 0 aliphatic carbocycles. The molecule has 1 aliphatic rings. The van der Waals surface area contributed by atoms with Crippen LogP contribution >= 0.6 is 0 Å². The molecule has 2 heterocycles. The van der Waals surface area contributed by atoms with Gasteiger partial charge in [-0.3, -0.25) is 9.59 Å². The van der Waals surface area contributed by atoms with E-state index in [9.17, 15) is 9.59 Å². The summed E-state index contributed by atoms with van der Waals surface area (Å²) in [4.78, 5) is 29.6. The Kier molecular flexibility index (Phi) is 4.69. The maximum Gasteiger partial charge on any atom is 0.270 e. The Morgan fingerprint density at radius 2 is 2.08 bits per heavy atom. The smallest absolute Gasteiger partial charge is 0.270 e. The van der Waals surface area contributed by atoms with E-state index in [1.54, 1.807) is 14.0 Å². The lowest BCUT2D eigenvalue weighted by molar-refractivity contribution is 0.0604. The van der Waals surface area contributed by atoms with Gasteiger partial charge in [0.1, 0.15) is 11.4 Å². The van der Waals surface area contributed by atoms with Crippen molar-refractivity contribution in [2.24, 2.45) is 0 Å². The third-order valence-corrected chi connectivity index (χ3v) is 4.45. The third kappa shape index (κ3) is 3.35. The van der Waals surface area contributed by atoms with Gasteiger partial charge in [0.15, 0.2) is 5.43 Å². The predicted molar refractivity (Wildman–Crippen MR) is 92.4 cm³/mol. The van der Waals surface area contributed by atoms with E-state index in [0.717, 1.165) is 30.6 Å². The van der Waals surface area contributed by atoms with E-state index < -0.39 is 0 Å². The minimum absolute atomic E-state index is 0.00497. The Hall–Kier alpha value is -2.56. The average Bonchev–Trinajstić information content (AvgIpc) is 2.60. The van der Waals surface area contributed by atoms with Crippen LogP contribution in [0.3, 0.4) is 0 Å². The summed E-state index contributed by atoms with van der Waals surface area (Å²) in [6.45, 7) is 2.48. The molecular formula is C19H22N2O3. The van der Waals surface area contributed by atoms with Gasteiger partial charge in [0.05, 0.1) is 13.2 Å². The monoisotopic (exact) mass is 326 g/mol. The molecule has 3 rings (SSSR count). The van der Waals surface area contributed by atoms with Crippen molar-refractivity contribution in [3.05, 3.63) is 63.6 Å². The molecule has 0 bridgehead atoms. The zero-order chi connectivity index (χ0) is 17.1. The van der Waals surface area contributed by atoms with Gasteiger partial charge in [0.2, 0.25) is 0 Å². The normalized spacial score (nSPS) is 17.6. The second-order valence-corrected chi connectivity index (χ2v) is 6.20. The number of carbonyl (C=O) groups is 1. The molecule has 5 nitrogen and oxygen atoms in total. The van der Waals surface area contributed by atoms with E-state index in [2.05, 4.69) is 4.98 Å². The number of methoxy groups -OCH3 is 1. The first kappa shape index (κ1) is 16.3. The number of ether oxygens (including phenoxy) is 1. The summed E-state index contributed by atoms with van der Waals surface area (Å²) >= 11 is 0. The van der Waals surface area contributed by atoms with Gasteiger partial charge in [-0.25, -0.2) is 0 Å². The van der Waals surface area contributed by atoms with Crippen LogP contribution in [0.4, 0.5) is 0 Å². The van der Waals surface area contributed by atoms with Crippen LogP contribution < -0.4 is 10.2 Å². The molecule has 0 spiro atoms. The predicted octanol–water partition coefficient (Wildman–Crippen LogP) is 3.06. The van der Waals surface area contributed by atoms with Crippen LogP contribution in [0.5, 0.6) is 5.75 Å². The number of hydrogen-bond acceptors (Lipinski definition) is 3. The first-order valence-electron chi connectivity index (χ1n) is 8.24. The van der Waals surface area contributed by atoms with E-state index in [0.29, 0.717) is 17.9 Å². The van der Waals surface area contributed by atoms with E-state index in [4.69, 9.17) is 4.74 Å². The number of pyridine rings is 1. The minimum Gasteiger partial charge on any atom is -0.497 e. The fourth-order valence-corrected chi connectivity index (χ4v) is 3.32. The highest BCUT2D eigenvalue weighted by molar-refractivity contribution is 5.92. The molecule has 126 valence electrons. The molecule has 1 amide bonds. The first-order valence-corrected chi connectivity index (χ1v) is 8.24. The zero-order valence-electron chi connectivity index (χ0n) is 14.0. The van der Waals surface area contributed by atoms with E-state index in [1.165, 1.54) is 12.1 Å². The maximum absolute atomic E-state index is 13.0. The Morgan fingerprint density at radius 1 is 1.25 bits per heavy atom. The fraction of sp³-hybridized carbons (Fsp3) is 0.368. The van der Waals surface area contributed by atoms with Gasteiger partial charge in [-0.05, 0) is 43.9 Å². The molecular weight excluding hydrogens is 304 g/mol. The largest absolute Gasteiger partial charge is 0.497 e. The number of H-pyrrole nitrogens is 1. The quantitative estimate of drug-likeness (QED) is 0.943. The standard InChI is InChI=1S/C19H22N2O3/c1-13-10-15(22)12-17(20-13)19(23)21-9-4-3-8-18(21)14-6-5-7-16(11-14)24-2/h5-7,10-12,18H,3-4,8-9H2,1-2H3,(H,20,22)/t18-/m1/s1. The molecule has 0 unspecified atom stereocenters. The van der Waals surface area contributed by atoms with Crippen molar-refractivity contribution in [3.63, 3.8) is 0 Å². The summed E-state index contributed by atoms with van der Waals surface area (Å²) in [6, 6.07) is 10.7. The number of aromatic amines is 1. The van der Waals surface area contributed by atoms with Gasteiger partial charge >= 0.3 is 0 Å². The highest BCUT2D eigenvalue weighted by atomic mass is 16.5. The number of benzene rings is 1. The number of aromatic nitrogens is 1. The molecule has 1 aliphatic heterocycles. The number of hydrogen-bond donors (Lipinski definition) is 1. The fourth-order valence-electron chi connectivity index (χ4n) is 3.32. The van der Waals surface area contributed by atoms with Crippen LogP contribution in [0.15, 0.2) is 41.2 Å². The van der Waals surface area contributed by atoms with Gasteiger partial charge in [-0.2, -0.15) is 0 Å². The number of aryl methyl sites for hydroxylation is 1. The summed E-state index contributed by atoms with van der Waals surface area (Å²) in [5.41, 5.74) is 1.97. The van der Waals surface area contributed by atoms with E-state index in [1.807, 2.05) is 29.2 Å². The van der Waals surface area contributed by atoms with Crippen LogP contribution in [-0.4, -0.2) is 29.4 Å². The average molecular weight is 326 g/mol. The number of piperidine rings is 1. The van der Waals surface area contributed by atoms with Crippen molar-refractivity contribution in [2.75, 3.05) is 13.7 Å². The van der Waals surface area contributed by atoms with Gasteiger partial charge in [0, 0.05) is 24.4 Å². The molecule has 1 N–H and O–H groups in total. The van der Waals surface area contributed by atoms with E-state index in [-0.39, 0.29) is 17.4 Å². The Labute approximate surface area is 141 Å². The molecule has 24 heavy (non-hydrogen) atoms. The number of nitrogens with zero attached hydrogens (tertiary/aromatic N) is 1. The summed E-state index contributed by atoms with van der Waals surface area (Å²) in [5, 5.41) is 0. The van der Waals surface area contributed by atoms with Crippen molar-refractivity contribution >= 4 is 5.91 Å². The first-order chi connectivity index (χ1) is 11.6. The maximum atomic E-state index is 13.0. The molecule has 1 aromatic heterocycles.